The molecule has 0 amide bonds. The lowest BCUT2D eigenvalue weighted by molar-refractivity contribution is 0.179. The molecule has 4 aromatic rings. The summed E-state index contributed by atoms with van der Waals surface area (Å²) in [5, 5.41) is 9.04. The molecule has 3 heterocycles. The van der Waals surface area contributed by atoms with Crippen LogP contribution in [0.25, 0.3) is 22.6 Å². The van der Waals surface area contributed by atoms with Crippen LogP contribution in [-0.4, -0.2) is 33.2 Å². The Morgan fingerprint density at radius 1 is 0.964 bits per heavy atom. The quantitative estimate of drug-likeness (QED) is 0.489. The van der Waals surface area contributed by atoms with Crippen molar-refractivity contribution >= 4 is 22.7 Å². The van der Waals surface area contributed by atoms with Crippen LogP contribution in [0.3, 0.4) is 0 Å². The fourth-order valence-electron chi connectivity index (χ4n) is 3.62. The lowest BCUT2D eigenvalue weighted by Gasteiger charge is -2.29. The van der Waals surface area contributed by atoms with E-state index in [1.54, 1.807) is 0 Å². The van der Waals surface area contributed by atoms with Crippen molar-refractivity contribution in [3.8, 4) is 11.5 Å². The monoisotopic (exact) mass is 394 g/mol. The molecule has 0 spiro atoms. The molecule has 5 rings (SSSR count). The standard InChI is InChI=1S/C21H19ClN4O2/c22-16-7-5-14(6-8-16)21-25-24-19(28-21)13-26-11-9-15(10-12-26)20-23-17-3-1-2-4-18(17)27-20/h1-8,15H,9-13H2. The second-order valence-electron chi connectivity index (χ2n) is 7.08. The average Bonchev–Trinajstić information content (AvgIpc) is 3.36. The summed E-state index contributed by atoms with van der Waals surface area (Å²) in [4.78, 5) is 6.98. The molecule has 7 heteroatoms. The Hall–Kier alpha value is -2.70. The molecular weight excluding hydrogens is 376 g/mol. The predicted octanol–water partition coefficient (Wildman–Crippen LogP) is 4.91. The maximum absolute atomic E-state index is 5.94. The predicted molar refractivity (Wildman–Crippen MR) is 106 cm³/mol. The van der Waals surface area contributed by atoms with E-state index in [0.29, 0.717) is 29.3 Å². The van der Waals surface area contributed by atoms with E-state index in [1.807, 2.05) is 48.5 Å². The molecule has 6 nitrogen and oxygen atoms in total. The molecule has 0 aliphatic carbocycles. The minimum absolute atomic E-state index is 0.357. The van der Waals surface area contributed by atoms with Gasteiger partial charge in [0.1, 0.15) is 5.52 Å². The molecule has 2 aromatic heterocycles. The number of benzene rings is 2. The van der Waals surface area contributed by atoms with Crippen LogP contribution < -0.4 is 0 Å². The van der Waals surface area contributed by atoms with Gasteiger partial charge in [0, 0.05) is 16.5 Å². The van der Waals surface area contributed by atoms with Gasteiger partial charge in [0.25, 0.3) is 0 Å². The van der Waals surface area contributed by atoms with Crippen LogP contribution in [0.2, 0.25) is 5.02 Å². The van der Waals surface area contributed by atoms with Crippen LogP contribution in [-0.2, 0) is 6.54 Å². The van der Waals surface area contributed by atoms with Gasteiger partial charge >= 0.3 is 0 Å². The van der Waals surface area contributed by atoms with E-state index in [1.165, 1.54) is 0 Å². The smallest absolute Gasteiger partial charge is 0.247 e. The topological polar surface area (TPSA) is 68.2 Å². The SMILES string of the molecule is Clc1ccc(-c2nnc(CN3CCC(c4nc5ccccc5o4)CC3)o2)cc1. The van der Waals surface area contributed by atoms with Crippen molar-refractivity contribution in [3.05, 3.63) is 65.3 Å². The molecule has 2 aromatic carbocycles. The number of hydrogen-bond acceptors (Lipinski definition) is 6. The second kappa shape index (κ2) is 7.37. The number of likely N-dealkylation sites (tertiary alicyclic amines) is 1. The average molecular weight is 395 g/mol. The summed E-state index contributed by atoms with van der Waals surface area (Å²) in [6.07, 6.45) is 2.01. The van der Waals surface area contributed by atoms with Crippen molar-refractivity contribution in [1.29, 1.82) is 0 Å². The van der Waals surface area contributed by atoms with E-state index >= 15 is 0 Å². The Balaban J connectivity index is 1.21. The van der Waals surface area contributed by atoms with Gasteiger partial charge in [-0.15, -0.1) is 10.2 Å². The number of halogens is 1. The van der Waals surface area contributed by atoms with E-state index in [-0.39, 0.29) is 0 Å². The van der Waals surface area contributed by atoms with Gasteiger partial charge in [-0.05, 0) is 62.3 Å². The number of rotatable bonds is 4. The first-order chi connectivity index (χ1) is 13.7. The zero-order chi connectivity index (χ0) is 18.9. The Labute approximate surface area is 167 Å². The zero-order valence-corrected chi connectivity index (χ0v) is 16.0. The molecule has 0 unspecified atom stereocenters. The van der Waals surface area contributed by atoms with Crippen molar-refractivity contribution in [2.45, 2.75) is 25.3 Å². The Kier molecular flexibility index (Phi) is 4.58. The molecule has 0 saturated carbocycles. The van der Waals surface area contributed by atoms with Crippen LogP contribution >= 0.6 is 11.6 Å². The molecular formula is C21H19ClN4O2. The number of hydrogen-bond donors (Lipinski definition) is 0. The van der Waals surface area contributed by atoms with Crippen molar-refractivity contribution in [3.63, 3.8) is 0 Å². The number of piperidine rings is 1. The Morgan fingerprint density at radius 3 is 2.54 bits per heavy atom. The van der Waals surface area contributed by atoms with E-state index in [0.717, 1.165) is 48.5 Å². The van der Waals surface area contributed by atoms with Crippen molar-refractivity contribution in [1.82, 2.24) is 20.1 Å². The van der Waals surface area contributed by atoms with E-state index in [4.69, 9.17) is 20.4 Å². The van der Waals surface area contributed by atoms with Gasteiger partial charge in [0.05, 0.1) is 6.54 Å². The zero-order valence-electron chi connectivity index (χ0n) is 15.2. The molecule has 1 fully saturated rings. The summed E-state index contributed by atoms with van der Waals surface area (Å²) >= 11 is 5.93. The molecule has 0 bridgehead atoms. The highest BCUT2D eigenvalue weighted by Gasteiger charge is 2.25. The minimum Gasteiger partial charge on any atom is -0.440 e. The molecule has 1 aliphatic heterocycles. The first kappa shape index (κ1) is 17.4. The number of oxazole rings is 1. The molecule has 142 valence electrons. The largest absolute Gasteiger partial charge is 0.440 e. The Bertz CT molecular complexity index is 1050. The van der Waals surface area contributed by atoms with Gasteiger partial charge in [0.2, 0.25) is 11.8 Å². The molecule has 0 atom stereocenters. The molecule has 1 saturated heterocycles. The number of fused-ring (bicyclic) bond motifs is 1. The first-order valence-electron chi connectivity index (χ1n) is 9.41. The summed E-state index contributed by atoms with van der Waals surface area (Å²) in [5.41, 5.74) is 2.67. The van der Waals surface area contributed by atoms with Gasteiger partial charge in [0.15, 0.2) is 11.5 Å². The van der Waals surface area contributed by atoms with Crippen molar-refractivity contribution < 1.29 is 8.83 Å². The maximum Gasteiger partial charge on any atom is 0.247 e. The summed E-state index contributed by atoms with van der Waals surface area (Å²) in [5.74, 6) is 2.36. The summed E-state index contributed by atoms with van der Waals surface area (Å²) in [6.45, 7) is 2.55. The highest BCUT2D eigenvalue weighted by atomic mass is 35.5. The van der Waals surface area contributed by atoms with Crippen molar-refractivity contribution in [2.75, 3.05) is 13.1 Å². The van der Waals surface area contributed by atoms with Crippen LogP contribution in [0.4, 0.5) is 0 Å². The third kappa shape index (κ3) is 3.53. The Morgan fingerprint density at radius 2 is 1.75 bits per heavy atom. The van der Waals surface area contributed by atoms with Crippen molar-refractivity contribution in [2.24, 2.45) is 0 Å². The summed E-state index contributed by atoms with van der Waals surface area (Å²) < 4.78 is 11.8. The lowest BCUT2D eigenvalue weighted by atomic mass is 9.97. The van der Waals surface area contributed by atoms with Crippen LogP contribution in [0.15, 0.2) is 57.4 Å². The van der Waals surface area contributed by atoms with Gasteiger partial charge < -0.3 is 8.83 Å². The van der Waals surface area contributed by atoms with Crippen LogP contribution in [0.1, 0.15) is 30.5 Å². The normalized spacial score (nSPS) is 16.0. The highest BCUT2D eigenvalue weighted by molar-refractivity contribution is 6.30. The van der Waals surface area contributed by atoms with Gasteiger partial charge in [-0.25, -0.2) is 4.98 Å². The van der Waals surface area contributed by atoms with Crippen LogP contribution in [0.5, 0.6) is 0 Å². The van der Waals surface area contributed by atoms with Gasteiger partial charge in [-0.3, -0.25) is 4.90 Å². The van der Waals surface area contributed by atoms with E-state index in [2.05, 4.69) is 20.1 Å². The fraction of sp³-hybridized carbons (Fsp3) is 0.286. The third-order valence-electron chi connectivity index (χ3n) is 5.16. The van der Waals surface area contributed by atoms with Gasteiger partial charge in [-0.2, -0.15) is 0 Å². The summed E-state index contributed by atoms with van der Waals surface area (Å²) in [7, 11) is 0. The van der Waals surface area contributed by atoms with Gasteiger partial charge in [-0.1, -0.05) is 23.7 Å². The van der Waals surface area contributed by atoms with E-state index in [9.17, 15) is 0 Å². The number of aromatic nitrogens is 3. The highest BCUT2D eigenvalue weighted by Crippen LogP contribution is 2.30. The lowest BCUT2D eigenvalue weighted by Crippen LogP contribution is -2.32. The number of nitrogens with zero attached hydrogens (tertiary/aromatic N) is 4. The minimum atomic E-state index is 0.357. The van der Waals surface area contributed by atoms with E-state index < -0.39 is 0 Å². The third-order valence-corrected chi connectivity index (χ3v) is 5.42. The summed E-state index contributed by atoms with van der Waals surface area (Å²) in [6, 6.07) is 15.3. The van der Waals surface area contributed by atoms with Crippen LogP contribution in [0, 0.1) is 0 Å². The number of para-hydroxylation sites is 2. The molecule has 0 radical (unpaired) electrons. The first-order valence-corrected chi connectivity index (χ1v) is 9.78. The second-order valence-corrected chi connectivity index (χ2v) is 7.51. The maximum atomic E-state index is 5.94. The molecule has 0 N–H and O–H groups in total. The molecule has 28 heavy (non-hydrogen) atoms. The fourth-order valence-corrected chi connectivity index (χ4v) is 3.75. The molecule has 1 aliphatic rings.